The molecule has 0 aromatic heterocycles. The van der Waals surface area contributed by atoms with E-state index in [2.05, 4.69) is 13.8 Å². The average Bonchev–Trinajstić information content (AvgIpc) is 2.64. The summed E-state index contributed by atoms with van der Waals surface area (Å²) in [7, 11) is 0. The molecule has 2 atom stereocenters. The van der Waals surface area contributed by atoms with E-state index in [4.69, 9.17) is 4.74 Å². The third kappa shape index (κ3) is 6.45. The van der Waals surface area contributed by atoms with Gasteiger partial charge in [0.1, 0.15) is 18.5 Å². The number of ether oxygens (including phenoxy) is 1. The summed E-state index contributed by atoms with van der Waals surface area (Å²) in [4.78, 5) is 0. The highest BCUT2D eigenvalue weighted by Gasteiger charge is 2.28. The molecule has 24 heavy (non-hydrogen) atoms. The van der Waals surface area contributed by atoms with Gasteiger partial charge in [0.25, 0.3) is 0 Å². The predicted molar refractivity (Wildman–Crippen MR) is 100 cm³/mol. The number of alkyl halides is 1. The van der Waals surface area contributed by atoms with E-state index in [9.17, 15) is 4.39 Å². The third-order valence-electron chi connectivity index (χ3n) is 5.80. The number of rotatable bonds is 10. The quantitative estimate of drug-likeness (QED) is 0.456. The zero-order valence-electron chi connectivity index (χ0n) is 15.6. The molecule has 1 fully saturated rings. The average molecular weight is 335 g/mol. The van der Waals surface area contributed by atoms with Gasteiger partial charge in [0.15, 0.2) is 0 Å². The van der Waals surface area contributed by atoms with Crippen LogP contribution in [-0.2, 0) is 0 Å². The highest BCUT2D eigenvalue weighted by Crippen LogP contribution is 2.38. The van der Waals surface area contributed by atoms with Gasteiger partial charge in [-0.3, -0.25) is 0 Å². The van der Waals surface area contributed by atoms with Gasteiger partial charge in [-0.2, -0.15) is 0 Å². The first-order valence-corrected chi connectivity index (χ1v) is 10.0. The molecule has 1 nitrogen and oxygen atoms in total. The zero-order chi connectivity index (χ0) is 17.2. The van der Waals surface area contributed by atoms with Crippen LogP contribution in [0.5, 0.6) is 5.75 Å². The second-order valence-electron chi connectivity index (χ2n) is 7.55. The minimum atomic E-state index is -0.851. The van der Waals surface area contributed by atoms with Gasteiger partial charge >= 0.3 is 0 Å². The van der Waals surface area contributed by atoms with E-state index in [0.29, 0.717) is 12.3 Å². The monoisotopic (exact) mass is 334 g/mol. The van der Waals surface area contributed by atoms with Crippen LogP contribution in [0.1, 0.15) is 71.6 Å². The third-order valence-corrected chi connectivity index (χ3v) is 5.80. The number of hydrogen-bond acceptors (Lipinski definition) is 1. The molecule has 1 saturated carbocycles. The van der Waals surface area contributed by atoms with E-state index in [-0.39, 0.29) is 6.61 Å². The Hall–Kier alpha value is -1.05. The normalized spacial score (nSPS) is 23.6. The van der Waals surface area contributed by atoms with Gasteiger partial charge in [-0.15, -0.1) is 0 Å². The molecule has 136 valence electrons. The molecule has 0 radical (unpaired) electrons. The number of hydrogen-bond donors (Lipinski definition) is 0. The number of para-hydroxylation sites is 1. The molecular weight excluding hydrogens is 299 g/mol. The van der Waals surface area contributed by atoms with Crippen LogP contribution in [0.25, 0.3) is 0 Å². The molecule has 1 aliphatic carbocycles. The first kappa shape index (κ1) is 19.3. The first-order chi connectivity index (χ1) is 11.7. The minimum Gasteiger partial charge on any atom is -0.491 e. The lowest BCUT2D eigenvalue weighted by Crippen LogP contribution is -2.26. The number of unbranched alkanes of at least 4 members (excludes halogenated alkanes) is 1. The number of benzene rings is 1. The Morgan fingerprint density at radius 1 is 1.08 bits per heavy atom. The molecule has 0 bridgehead atoms. The molecule has 0 saturated heterocycles. The summed E-state index contributed by atoms with van der Waals surface area (Å²) < 4.78 is 20.2. The fourth-order valence-corrected chi connectivity index (χ4v) is 4.18. The fraction of sp³-hybridized carbons (Fsp3) is 0.727. The predicted octanol–water partition coefficient (Wildman–Crippen LogP) is 6.82. The van der Waals surface area contributed by atoms with E-state index >= 15 is 0 Å². The van der Waals surface area contributed by atoms with Gasteiger partial charge in [0, 0.05) is 0 Å². The van der Waals surface area contributed by atoms with Crippen LogP contribution in [0.3, 0.4) is 0 Å². The van der Waals surface area contributed by atoms with Crippen molar-refractivity contribution < 1.29 is 9.13 Å². The van der Waals surface area contributed by atoms with Gasteiger partial charge in [-0.05, 0) is 49.1 Å². The molecule has 0 heterocycles. The standard InChI is InChI=1S/C22H35FO/c1-3-5-9-20(19-14-12-18(4-2)13-15-19)16-21(23)17-24-22-10-7-6-8-11-22/h6-8,10-11,18-21H,3-5,9,12-17H2,1-2H3. The van der Waals surface area contributed by atoms with Crippen molar-refractivity contribution in [2.75, 3.05) is 6.61 Å². The van der Waals surface area contributed by atoms with Crippen LogP contribution in [0.2, 0.25) is 0 Å². The van der Waals surface area contributed by atoms with Gasteiger partial charge < -0.3 is 4.74 Å². The van der Waals surface area contributed by atoms with Crippen LogP contribution >= 0.6 is 0 Å². The molecule has 1 aromatic rings. The van der Waals surface area contributed by atoms with E-state index < -0.39 is 6.17 Å². The second kappa shape index (κ2) is 10.7. The summed E-state index contributed by atoms with van der Waals surface area (Å²) in [6.07, 6.45) is 10.1. The van der Waals surface area contributed by atoms with Crippen molar-refractivity contribution >= 4 is 0 Å². The van der Waals surface area contributed by atoms with Crippen molar-refractivity contribution in [2.45, 2.75) is 77.8 Å². The molecule has 0 N–H and O–H groups in total. The van der Waals surface area contributed by atoms with Gasteiger partial charge in [0.2, 0.25) is 0 Å². The van der Waals surface area contributed by atoms with Crippen molar-refractivity contribution in [2.24, 2.45) is 17.8 Å². The molecule has 1 aromatic carbocycles. The Bertz CT molecular complexity index is 425. The van der Waals surface area contributed by atoms with Crippen LogP contribution in [0.15, 0.2) is 30.3 Å². The Morgan fingerprint density at radius 2 is 1.79 bits per heavy atom. The van der Waals surface area contributed by atoms with Crippen molar-refractivity contribution in [1.29, 1.82) is 0 Å². The Kier molecular flexibility index (Phi) is 8.63. The summed E-state index contributed by atoms with van der Waals surface area (Å²) in [5.41, 5.74) is 0. The largest absolute Gasteiger partial charge is 0.491 e. The molecule has 2 heteroatoms. The Balaban J connectivity index is 1.81. The maximum atomic E-state index is 14.5. The molecule has 1 aliphatic rings. The van der Waals surface area contributed by atoms with Crippen LogP contribution in [0.4, 0.5) is 4.39 Å². The van der Waals surface area contributed by atoms with E-state index in [1.54, 1.807) is 0 Å². The van der Waals surface area contributed by atoms with Crippen molar-refractivity contribution in [1.82, 2.24) is 0 Å². The molecule has 0 aliphatic heterocycles. The smallest absolute Gasteiger partial charge is 0.134 e. The first-order valence-electron chi connectivity index (χ1n) is 10.0. The highest BCUT2D eigenvalue weighted by atomic mass is 19.1. The highest BCUT2D eigenvalue weighted by molar-refractivity contribution is 5.20. The van der Waals surface area contributed by atoms with E-state index in [1.807, 2.05) is 30.3 Å². The van der Waals surface area contributed by atoms with Gasteiger partial charge in [-0.25, -0.2) is 4.39 Å². The summed E-state index contributed by atoms with van der Waals surface area (Å²) in [5, 5.41) is 0. The summed E-state index contributed by atoms with van der Waals surface area (Å²) in [6, 6.07) is 9.60. The van der Waals surface area contributed by atoms with Crippen molar-refractivity contribution in [3.05, 3.63) is 30.3 Å². The summed E-state index contributed by atoms with van der Waals surface area (Å²) >= 11 is 0. The molecule has 2 rings (SSSR count). The second-order valence-corrected chi connectivity index (χ2v) is 7.55. The molecule has 0 amide bonds. The lowest BCUT2D eigenvalue weighted by Gasteiger charge is -2.34. The van der Waals surface area contributed by atoms with Crippen LogP contribution in [0, 0.1) is 17.8 Å². The Labute approximate surface area is 148 Å². The van der Waals surface area contributed by atoms with Crippen LogP contribution in [-0.4, -0.2) is 12.8 Å². The van der Waals surface area contributed by atoms with Gasteiger partial charge in [0.05, 0.1) is 0 Å². The topological polar surface area (TPSA) is 9.23 Å². The van der Waals surface area contributed by atoms with Crippen molar-refractivity contribution in [3.8, 4) is 5.75 Å². The van der Waals surface area contributed by atoms with Gasteiger partial charge in [-0.1, -0.05) is 70.6 Å². The zero-order valence-corrected chi connectivity index (χ0v) is 15.6. The molecule has 0 spiro atoms. The minimum absolute atomic E-state index is 0.191. The molecule has 2 unspecified atom stereocenters. The molecular formula is C22H35FO. The summed E-state index contributed by atoms with van der Waals surface area (Å²) in [6.45, 7) is 4.73. The summed E-state index contributed by atoms with van der Waals surface area (Å²) in [5.74, 6) is 2.95. The van der Waals surface area contributed by atoms with Crippen molar-refractivity contribution in [3.63, 3.8) is 0 Å². The number of halogens is 1. The van der Waals surface area contributed by atoms with Crippen LogP contribution < -0.4 is 4.74 Å². The lowest BCUT2D eigenvalue weighted by molar-refractivity contribution is 0.120. The lowest BCUT2D eigenvalue weighted by atomic mass is 9.72. The van der Waals surface area contributed by atoms with E-state index in [0.717, 1.165) is 17.6 Å². The maximum absolute atomic E-state index is 14.5. The maximum Gasteiger partial charge on any atom is 0.134 e. The fourth-order valence-electron chi connectivity index (χ4n) is 4.18. The SMILES string of the molecule is CCCCC(CC(F)COc1ccccc1)C1CCC(CC)CC1. The van der Waals surface area contributed by atoms with E-state index in [1.165, 1.54) is 51.4 Å². The Morgan fingerprint density at radius 3 is 2.42 bits per heavy atom.